The molecule has 0 radical (unpaired) electrons. The number of carboxylic acids is 4. The van der Waals surface area contributed by atoms with Crippen molar-refractivity contribution in [2.45, 2.75) is 25.1 Å². The molecule has 2 aromatic heterocycles. The van der Waals surface area contributed by atoms with E-state index in [-0.39, 0.29) is 73.8 Å². The summed E-state index contributed by atoms with van der Waals surface area (Å²) >= 11 is 2.51. The number of nitrogens with zero attached hydrogens (tertiary/aromatic N) is 7. The van der Waals surface area contributed by atoms with Crippen LogP contribution in [0, 0.1) is 10.8 Å². The number of hydrogen-bond acceptors (Lipinski definition) is 18. The Morgan fingerprint density at radius 3 is 1.57 bits per heavy atom. The maximum Gasteiger partial charge on any atom is 0.335 e. The largest absolute Gasteiger partial charge is 0.478 e. The van der Waals surface area contributed by atoms with Crippen LogP contribution < -0.4 is 21.7 Å². The van der Waals surface area contributed by atoms with Crippen LogP contribution in [0.3, 0.4) is 0 Å². The van der Waals surface area contributed by atoms with Crippen LogP contribution in [0.4, 0.5) is 34.4 Å². The Labute approximate surface area is 295 Å². The van der Waals surface area contributed by atoms with Crippen LogP contribution >= 0.6 is 23.1 Å². The highest BCUT2D eigenvalue weighted by molar-refractivity contribution is 8.00. The first kappa shape index (κ1) is 37.3. The lowest BCUT2D eigenvalue weighted by atomic mass is 9.88. The SMILES string of the molecule is CSc1nnc(N=N/C(C(=N)C(C)(C)C)=C(\N)Nc2nc(Nc3cc(C(=O)O)cc(C(=O)O)c3)nc(Nc3cc(C(=O)O)cc(C(=O)O)c3)n2)s1. The zero-order chi connectivity index (χ0) is 37.6. The van der Waals surface area contributed by atoms with E-state index < -0.39 is 29.3 Å². The third-order valence-electron chi connectivity index (χ3n) is 6.30. The van der Waals surface area contributed by atoms with Crippen LogP contribution in [0.25, 0.3) is 0 Å². The van der Waals surface area contributed by atoms with Crippen molar-refractivity contribution < 1.29 is 39.6 Å². The first-order valence-electron chi connectivity index (χ1n) is 14.1. The molecule has 51 heavy (non-hydrogen) atoms. The van der Waals surface area contributed by atoms with Gasteiger partial charge in [0.1, 0.15) is 11.5 Å². The summed E-state index contributed by atoms with van der Waals surface area (Å²) in [4.78, 5) is 59.4. The number of carbonyl (C=O) groups is 4. The molecule has 264 valence electrons. The highest BCUT2D eigenvalue weighted by atomic mass is 32.2. The molecule has 0 saturated carbocycles. The second-order valence-electron chi connectivity index (χ2n) is 11.1. The van der Waals surface area contributed by atoms with Gasteiger partial charge in [-0.1, -0.05) is 43.9 Å². The number of allylic oxidation sites excluding steroid dienone is 1. The zero-order valence-electron chi connectivity index (χ0n) is 26.9. The summed E-state index contributed by atoms with van der Waals surface area (Å²) in [7, 11) is 0. The van der Waals surface area contributed by atoms with Gasteiger partial charge < -0.3 is 47.5 Å². The summed E-state index contributed by atoms with van der Waals surface area (Å²) < 4.78 is 0.630. The van der Waals surface area contributed by atoms with E-state index in [0.717, 1.165) is 47.7 Å². The number of nitrogens with one attached hydrogen (secondary N) is 4. The minimum Gasteiger partial charge on any atom is -0.478 e. The van der Waals surface area contributed by atoms with Crippen LogP contribution in [0.2, 0.25) is 0 Å². The van der Waals surface area contributed by atoms with Crippen molar-refractivity contribution in [3.63, 3.8) is 0 Å². The second kappa shape index (κ2) is 15.3. The van der Waals surface area contributed by atoms with E-state index in [1.807, 2.05) is 6.26 Å². The standard InChI is InChI=1S/C29H28N12O8S2/c1-29(2,3)18(30)17(38-39-27-40-41-28(50-4)51-27)19(31)34-26-36-24(32-15-7-11(20(42)43)5-12(8-15)21(44)45)35-25(37-26)33-16-9-13(22(46)47)6-14(10-16)23(48)49/h5-10,30H,31H2,1-4H3,(H,42,43)(H,44,45)(H,46,47)(H,48,49)(H3,32,33,34,35,36,37)/b19-17+,30-18?,39-38?. The van der Waals surface area contributed by atoms with Crippen molar-refractivity contribution in [2.24, 2.45) is 21.4 Å². The molecule has 4 rings (SSSR count). The smallest absolute Gasteiger partial charge is 0.335 e. The molecule has 4 aromatic rings. The minimum atomic E-state index is -1.41. The molecule has 2 heterocycles. The molecule has 20 nitrogen and oxygen atoms in total. The number of azo groups is 1. The van der Waals surface area contributed by atoms with Gasteiger partial charge in [-0.3, -0.25) is 0 Å². The van der Waals surface area contributed by atoms with Crippen molar-refractivity contribution in [1.82, 2.24) is 25.1 Å². The monoisotopic (exact) mass is 736 g/mol. The average molecular weight is 737 g/mol. The Balaban J connectivity index is 1.84. The van der Waals surface area contributed by atoms with Gasteiger partial charge >= 0.3 is 23.9 Å². The van der Waals surface area contributed by atoms with Gasteiger partial charge in [0.25, 0.3) is 5.13 Å². The molecule has 22 heteroatoms. The molecule has 0 spiro atoms. The van der Waals surface area contributed by atoms with Crippen LogP contribution in [0.5, 0.6) is 0 Å². The van der Waals surface area contributed by atoms with Gasteiger partial charge in [-0.05, 0) is 42.7 Å². The van der Waals surface area contributed by atoms with Gasteiger partial charge in [0.15, 0.2) is 4.34 Å². The fraction of sp³-hybridized carbons (Fsp3) is 0.172. The second-order valence-corrected chi connectivity index (χ2v) is 13.2. The minimum absolute atomic E-state index is 0.0463. The summed E-state index contributed by atoms with van der Waals surface area (Å²) in [5.74, 6) is -6.80. The molecule has 0 bridgehead atoms. The van der Waals surface area contributed by atoms with E-state index in [1.54, 1.807) is 20.8 Å². The first-order valence-corrected chi connectivity index (χ1v) is 16.2. The van der Waals surface area contributed by atoms with Gasteiger partial charge in [0.05, 0.1) is 28.0 Å². The lowest BCUT2D eigenvalue weighted by Crippen LogP contribution is -2.26. The number of hydrogen-bond donors (Lipinski definition) is 9. The highest BCUT2D eigenvalue weighted by Crippen LogP contribution is 2.29. The van der Waals surface area contributed by atoms with Gasteiger partial charge in [0.2, 0.25) is 17.8 Å². The molecule has 0 atom stereocenters. The molecular formula is C29H28N12O8S2. The summed E-state index contributed by atoms with van der Waals surface area (Å²) in [5.41, 5.74) is 3.90. The number of benzene rings is 2. The lowest BCUT2D eigenvalue weighted by molar-refractivity contribution is 0.0676. The molecule has 0 aliphatic carbocycles. The van der Waals surface area contributed by atoms with Gasteiger partial charge in [-0.15, -0.1) is 20.4 Å². The Hall–Kier alpha value is -6.55. The molecule has 0 amide bonds. The normalized spacial score (nSPS) is 11.8. The Bertz CT molecular complexity index is 1970. The number of carboxylic acid groups (broad SMARTS) is 4. The topological polar surface area (TPSA) is 324 Å². The van der Waals surface area contributed by atoms with E-state index >= 15 is 0 Å². The van der Waals surface area contributed by atoms with E-state index in [4.69, 9.17) is 11.1 Å². The quantitative estimate of drug-likeness (QED) is 0.0461. The van der Waals surface area contributed by atoms with Gasteiger partial charge in [-0.25, -0.2) is 19.2 Å². The van der Waals surface area contributed by atoms with Crippen LogP contribution in [-0.4, -0.2) is 81.4 Å². The number of aromatic nitrogens is 5. The number of nitrogens with two attached hydrogens (primary N) is 1. The molecule has 0 aliphatic rings. The summed E-state index contributed by atoms with van der Waals surface area (Å²) in [6, 6.07) is 6.41. The number of anilines is 5. The fourth-order valence-electron chi connectivity index (χ4n) is 3.89. The third kappa shape index (κ3) is 9.76. The van der Waals surface area contributed by atoms with Crippen molar-refractivity contribution in [3.8, 4) is 0 Å². The van der Waals surface area contributed by atoms with Crippen molar-refractivity contribution in [1.29, 1.82) is 5.41 Å². The molecule has 0 saturated heterocycles. The van der Waals surface area contributed by atoms with Crippen LogP contribution in [-0.2, 0) is 0 Å². The Morgan fingerprint density at radius 1 is 0.765 bits per heavy atom. The van der Waals surface area contributed by atoms with Gasteiger partial charge in [0, 0.05) is 16.8 Å². The lowest BCUT2D eigenvalue weighted by Gasteiger charge is -2.21. The number of aromatic carboxylic acids is 4. The van der Waals surface area contributed by atoms with E-state index in [0.29, 0.717) is 4.34 Å². The predicted octanol–water partition coefficient (Wildman–Crippen LogP) is 5.11. The molecule has 0 aliphatic heterocycles. The summed E-state index contributed by atoms with van der Waals surface area (Å²) in [5, 5.41) is 71.3. The Kier molecular flexibility index (Phi) is 11.2. The third-order valence-corrected chi connectivity index (χ3v) is 8.08. The molecule has 10 N–H and O–H groups in total. The Morgan fingerprint density at radius 2 is 1.20 bits per heavy atom. The van der Waals surface area contributed by atoms with E-state index in [9.17, 15) is 39.6 Å². The maximum atomic E-state index is 11.7. The molecule has 2 aromatic carbocycles. The molecule has 0 fully saturated rings. The van der Waals surface area contributed by atoms with Crippen LogP contribution in [0.1, 0.15) is 62.2 Å². The maximum absolute atomic E-state index is 11.7. The molecule has 0 unspecified atom stereocenters. The number of thioether (sulfide) groups is 1. The number of rotatable bonds is 14. The van der Waals surface area contributed by atoms with Crippen molar-refractivity contribution >= 4 is 87.0 Å². The van der Waals surface area contributed by atoms with Crippen molar-refractivity contribution in [2.75, 3.05) is 22.2 Å². The van der Waals surface area contributed by atoms with Crippen molar-refractivity contribution in [3.05, 3.63) is 70.2 Å². The first-order chi connectivity index (χ1) is 23.9. The fourth-order valence-corrected chi connectivity index (χ4v) is 4.97. The van der Waals surface area contributed by atoms with E-state index in [1.165, 1.54) is 11.8 Å². The molecular weight excluding hydrogens is 709 g/mol. The van der Waals surface area contributed by atoms with E-state index in [2.05, 4.69) is 51.3 Å². The highest BCUT2D eigenvalue weighted by Gasteiger charge is 2.25. The summed E-state index contributed by atoms with van der Waals surface area (Å²) in [6.07, 6.45) is 1.81. The zero-order valence-corrected chi connectivity index (χ0v) is 28.5. The van der Waals surface area contributed by atoms with Crippen LogP contribution in [0.15, 0.2) is 62.5 Å². The average Bonchev–Trinajstić information content (AvgIpc) is 3.52. The predicted molar refractivity (Wildman–Crippen MR) is 185 cm³/mol. The van der Waals surface area contributed by atoms with Gasteiger partial charge in [-0.2, -0.15) is 15.0 Å². The summed E-state index contributed by atoms with van der Waals surface area (Å²) in [6.45, 7) is 5.24.